The number of amides is 2. The molecule has 2 heterocycles. The summed E-state index contributed by atoms with van der Waals surface area (Å²) in [6, 6.07) is 7.38. The Kier molecular flexibility index (Phi) is 4.74. The van der Waals surface area contributed by atoms with Crippen molar-refractivity contribution in [1.29, 1.82) is 0 Å². The van der Waals surface area contributed by atoms with Gasteiger partial charge in [-0.3, -0.25) is 9.59 Å². The minimum Gasteiger partial charge on any atom is -0.548 e. The molecule has 0 bridgehead atoms. The van der Waals surface area contributed by atoms with E-state index in [1.807, 2.05) is 0 Å². The van der Waals surface area contributed by atoms with Crippen LogP contribution >= 0.6 is 11.8 Å². The molecule has 152 valence electrons. The Morgan fingerprint density at radius 3 is 2.77 bits per heavy atom. The van der Waals surface area contributed by atoms with E-state index in [-0.39, 0.29) is 40.9 Å². The zero-order valence-corrected chi connectivity index (χ0v) is 19.4. The number of carboxylic acids is 1. The van der Waals surface area contributed by atoms with Crippen LogP contribution in [0, 0.1) is 0 Å². The SMILES string of the molecule is [2H]C([2H])([2H])C([2H])([2H])Oc1ccc2ccccc2c1C(=O)N[C@@H]1C(=O)N2[C@@H]1SC(C)(C)[C@@H]2C(=O)[O-].[Na+]. The van der Waals surface area contributed by atoms with Crippen molar-refractivity contribution >= 4 is 40.3 Å². The molecule has 9 heteroatoms. The number of ether oxygens (including phenoxy) is 1. The Bertz CT molecular complexity index is 1210. The van der Waals surface area contributed by atoms with Crippen LogP contribution in [-0.4, -0.2) is 51.4 Å². The van der Waals surface area contributed by atoms with Crippen LogP contribution in [-0.2, 0) is 9.59 Å². The van der Waals surface area contributed by atoms with Gasteiger partial charge in [0.25, 0.3) is 5.91 Å². The zero-order valence-electron chi connectivity index (χ0n) is 21.6. The number of fused-ring (bicyclic) bond motifs is 2. The van der Waals surface area contributed by atoms with E-state index in [0.717, 1.165) is 0 Å². The summed E-state index contributed by atoms with van der Waals surface area (Å²) < 4.78 is 42.2. The number of rotatable bonds is 5. The number of thioether (sulfide) groups is 1. The standard InChI is InChI=1S/C21H22N2O5S.Na/c1-4-28-13-10-9-11-7-5-6-8-12(11)14(13)17(24)22-15-18(25)23-16(20(26)27)21(2,3)29-19(15)23;/h5-10,15-16,19H,4H2,1-3H3,(H,22,24)(H,26,27);/q;+1/p-1/t15-,16+,19-;/m1./s1/i1D3,4D2;. The normalized spacial score (nSPS) is 27.3. The van der Waals surface area contributed by atoms with Gasteiger partial charge < -0.3 is 24.9 Å². The summed E-state index contributed by atoms with van der Waals surface area (Å²) in [5.74, 6) is -3.03. The second-order valence-electron chi connectivity index (χ2n) is 7.39. The van der Waals surface area contributed by atoms with Crippen LogP contribution < -0.4 is 44.7 Å². The molecule has 0 radical (unpaired) electrons. The molecule has 0 aromatic heterocycles. The Morgan fingerprint density at radius 1 is 1.33 bits per heavy atom. The first-order chi connectivity index (χ1) is 15.7. The molecule has 3 atom stereocenters. The molecular formula is C21H21N2NaO5S. The number of aliphatic carboxylic acids is 1. The Hall–Kier alpha value is -1.74. The number of carboxylic acid groups (broad SMARTS) is 1. The fourth-order valence-electron chi connectivity index (χ4n) is 3.97. The van der Waals surface area contributed by atoms with E-state index in [9.17, 15) is 19.5 Å². The fraction of sp³-hybridized carbons (Fsp3) is 0.381. The van der Waals surface area contributed by atoms with Crippen molar-refractivity contribution in [2.45, 2.75) is 42.9 Å². The summed E-state index contributed by atoms with van der Waals surface area (Å²) in [5, 5.41) is 14.6. The molecule has 0 saturated carbocycles. The van der Waals surface area contributed by atoms with E-state index in [1.54, 1.807) is 44.2 Å². The van der Waals surface area contributed by atoms with Crippen molar-refractivity contribution < 1.29 is 60.6 Å². The van der Waals surface area contributed by atoms with Crippen molar-refractivity contribution in [1.82, 2.24) is 10.2 Å². The van der Waals surface area contributed by atoms with Gasteiger partial charge in [0.05, 0.1) is 26.9 Å². The minimum absolute atomic E-state index is 0. The van der Waals surface area contributed by atoms with Gasteiger partial charge in [-0.25, -0.2) is 0 Å². The third kappa shape index (κ3) is 3.60. The first-order valence-corrected chi connectivity index (χ1v) is 9.76. The molecule has 30 heavy (non-hydrogen) atoms. The molecule has 2 aromatic rings. The number of carbonyl (C=O) groups is 3. The van der Waals surface area contributed by atoms with Crippen molar-refractivity contribution in [3.63, 3.8) is 0 Å². The van der Waals surface area contributed by atoms with E-state index < -0.39 is 53.4 Å². The second-order valence-corrected chi connectivity index (χ2v) is 9.16. The van der Waals surface area contributed by atoms with Gasteiger partial charge in [-0.2, -0.15) is 0 Å². The zero-order chi connectivity index (χ0) is 25.2. The fourth-order valence-corrected chi connectivity index (χ4v) is 5.59. The third-order valence-electron chi connectivity index (χ3n) is 5.23. The molecule has 2 aliphatic rings. The van der Waals surface area contributed by atoms with Gasteiger partial charge in [0.15, 0.2) is 0 Å². The van der Waals surface area contributed by atoms with Crippen LogP contribution in [0.3, 0.4) is 0 Å². The van der Waals surface area contributed by atoms with E-state index in [0.29, 0.717) is 10.8 Å². The Labute approximate surface area is 207 Å². The first-order valence-electron chi connectivity index (χ1n) is 11.4. The Balaban J connectivity index is 0.00000342. The molecule has 0 aliphatic carbocycles. The van der Waals surface area contributed by atoms with Crippen LogP contribution in [0.2, 0.25) is 0 Å². The van der Waals surface area contributed by atoms with Crippen LogP contribution in [0.4, 0.5) is 0 Å². The van der Waals surface area contributed by atoms with Gasteiger partial charge in [0, 0.05) is 8.86 Å². The topological polar surface area (TPSA) is 98.8 Å². The van der Waals surface area contributed by atoms with Crippen LogP contribution in [0.25, 0.3) is 10.8 Å². The summed E-state index contributed by atoms with van der Waals surface area (Å²) in [5.41, 5.74) is -0.129. The van der Waals surface area contributed by atoms with Gasteiger partial charge >= 0.3 is 29.6 Å². The number of hydrogen-bond donors (Lipinski definition) is 1. The number of hydrogen-bond acceptors (Lipinski definition) is 6. The molecule has 1 N–H and O–H groups in total. The number of benzene rings is 2. The van der Waals surface area contributed by atoms with Crippen LogP contribution in [0.1, 0.15) is 37.9 Å². The smallest absolute Gasteiger partial charge is 0.548 e. The summed E-state index contributed by atoms with van der Waals surface area (Å²) >= 11 is 1.23. The summed E-state index contributed by atoms with van der Waals surface area (Å²) in [6.45, 7) is -2.85. The van der Waals surface area contributed by atoms with Gasteiger partial charge in [0.1, 0.15) is 17.2 Å². The molecule has 2 aromatic carbocycles. The maximum atomic E-state index is 13.4. The third-order valence-corrected chi connectivity index (χ3v) is 6.80. The largest absolute Gasteiger partial charge is 1.00 e. The van der Waals surface area contributed by atoms with E-state index in [1.165, 1.54) is 22.7 Å². The van der Waals surface area contributed by atoms with Gasteiger partial charge in [-0.1, -0.05) is 30.3 Å². The molecular weight excluding hydrogens is 415 g/mol. The summed E-state index contributed by atoms with van der Waals surface area (Å²) in [6.07, 6.45) is 0. The number of nitrogens with zero attached hydrogens (tertiary/aromatic N) is 1. The van der Waals surface area contributed by atoms with Crippen LogP contribution in [0.15, 0.2) is 36.4 Å². The molecule has 2 amide bonds. The van der Waals surface area contributed by atoms with Crippen molar-refractivity contribution in [2.24, 2.45) is 0 Å². The maximum Gasteiger partial charge on any atom is 1.00 e. The van der Waals surface area contributed by atoms with Crippen LogP contribution in [0.5, 0.6) is 5.75 Å². The summed E-state index contributed by atoms with van der Waals surface area (Å²) in [7, 11) is 0. The van der Waals surface area contributed by atoms with Crippen molar-refractivity contribution in [3.8, 4) is 5.75 Å². The van der Waals surface area contributed by atoms with Gasteiger partial charge in [0.2, 0.25) is 5.91 Å². The minimum atomic E-state index is -3.12. The quantitative estimate of drug-likeness (QED) is 0.432. The predicted octanol–water partition coefficient (Wildman–Crippen LogP) is -1.85. The van der Waals surface area contributed by atoms with Gasteiger partial charge in [-0.15, -0.1) is 11.8 Å². The Morgan fingerprint density at radius 2 is 2.07 bits per heavy atom. The molecule has 4 rings (SSSR count). The molecule has 0 unspecified atom stereocenters. The van der Waals surface area contributed by atoms with Gasteiger partial charge in [-0.05, 0) is 37.5 Å². The number of nitrogens with one attached hydrogen (secondary N) is 1. The molecule has 2 fully saturated rings. The second kappa shape index (κ2) is 8.42. The average molecular weight is 441 g/mol. The van der Waals surface area contributed by atoms with E-state index in [4.69, 9.17) is 11.6 Å². The van der Waals surface area contributed by atoms with Crippen molar-refractivity contribution in [2.75, 3.05) is 6.56 Å². The molecule has 2 saturated heterocycles. The predicted molar refractivity (Wildman–Crippen MR) is 107 cm³/mol. The average Bonchev–Trinajstić information content (AvgIpc) is 2.98. The van der Waals surface area contributed by atoms with E-state index in [2.05, 4.69) is 5.32 Å². The molecule has 2 aliphatic heterocycles. The molecule has 0 spiro atoms. The van der Waals surface area contributed by atoms with E-state index >= 15 is 0 Å². The molecule has 7 nitrogen and oxygen atoms in total. The monoisotopic (exact) mass is 441 g/mol. The number of carbonyl (C=O) groups excluding carboxylic acids is 3. The van der Waals surface area contributed by atoms with Crippen molar-refractivity contribution in [3.05, 3.63) is 42.0 Å². The first kappa shape index (κ1) is 16.9. The number of β-lactam (4-membered cyclic amide) rings is 1. The maximum absolute atomic E-state index is 13.4. The summed E-state index contributed by atoms with van der Waals surface area (Å²) in [4.78, 5) is 38.9.